The first-order chi connectivity index (χ1) is 6.74. The van der Waals surface area contributed by atoms with Gasteiger partial charge in [-0.25, -0.2) is 0 Å². The molecule has 0 bridgehead atoms. The number of nitrogens with zero attached hydrogens (tertiary/aromatic N) is 2. The Morgan fingerprint density at radius 2 is 2.50 bits per heavy atom. The Morgan fingerprint density at radius 1 is 1.71 bits per heavy atom. The van der Waals surface area contributed by atoms with Crippen molar-refractivity contribution in [1.82, 2.24) is 15.1 Å². The molecule has 1 aromatic heterocycles. The molecule has 1 saturated carbocycles. The van der Waals surface area contributed by atoms with Crippen LogP contribution in [-0.4, -0.2) is 33.6 Å². The van der Waals surface area contributed by atoms with Crippen molar-refractivity contribution in [3.8, 4) is 0 Å². The molecule has 0 aromatic carbocycles. The zero-order valence-electron chi connectivity index (χ0n) is 7.86. The fraction of sp³-hybridized carbons (Fsp3) is 0.667. The Morgan fingerprint density at radius 3 is 3.07 bits per heavy atom. The second-order valence-corrected chi connectivity index (χ2v) is 4.96. The summed E-state index contributed by atoms with van der Waals surface area (Å²) < 4.78 is 2.88. The average Bonchev–Trinajstić information content (AvgIpc) is 2.88. The quantitative estimate of drug-likeness (QED) is 0.783. The smallest absolute Gasteiger partial charge is 0.0860 e. The number of aliphatic hydroxyl groups excluding tert-OH is 1. The lowest BCUT2D eigenvalue weighted by Gasteiger charge is -2.10. The molecule has 1 unspecified atom stereocenters. The Balaban J connectivity index is 1.72. The molecule has 0 aliphatic heterocycles. The molecule has 1 fully saturated rings. The minimum absolute atomic E-state index is 0.341. The van der Waals surface area contributed by atoms with E-state index in [1.54, 1.807) is 10.9 Å². The molecule has 0 spiro atoms. The van der Waals surface area contributed by atoms with Gasteiger partial charge in [-0.15, -0.1) is 0 Å². The van der Waals surface area contributed by atoms with E-state index in [-0.39, 0.29) is 6.10 Å². The highest BCUT2D eigenvalue weighted by atomic mass is 127. The highest BCUT2D eigenvalue weighted by Gasteiger charge is 2.21. The lowest BCUT2D eigenvalue weighted by Crippen LogP contribution is -2.31. The van der Waals surface area contributed by atoms with Gasteiger partial charge < -0.3 is 10.4 Å². The lowest BCUT2D eigenvalue weighted by molar-refractivity contribution is 0.146. The van der Waals surface area contributed by atoms with Crippen molar-refractivity contribution < 1.29 is 5.11 Å². The van der Waals surface area contributed by atoms with Crippen LogP contribution in [0.3, 0.4) is 0 Å². The largest absolute Gasteiger partial charge is 0.390 e. The number of hydrogen-bond donors (Lipinski definition) is 2. The lowest BCUT2D eigenvalue weighted by atomic mass is 10.3. The van der Waals surface area contributed by atoms with Crippen molar-refractivity contribution in [3.63, 3.8) is 0 Å². The molecule has 1 heterocycles. The first-order valence-electron chi connectivity index (χ1n) is 4.83. The van der Waals surface area contributed by atoms with Crippen LogP contribution in [0.5, 0.6) is 0 Å². The number of nitrogens with one attached hydrogen (secondary N) is 1. The number of aromatic nitrogens is 2. The minimum atomic E-state index is -0.341. The van der Waals surface area contributed by atoms with Crippen molar-refractivity contribution in [3.05, 3.63) is 16.0 Å². The van der Waals surface area contributed by atoms with Gasteiger partial charge in [0.2, 0.25) is 0 Å². The van der Waals surface area contributed by atoms with Crippen LogP contribution in [0, 0.1) is 3.57 Å². The van der Waals surface area contributed by atoms with Crippen molar-refractivity contribution in [2.75, 3.05) is 6.54 Å². The van der Waals surface area contributed by atoms with E-state index in [4.69, 9.17) is 0 Å². The third kappa shape index (κ3) is 3.21. The summed E-state index contributed by atoms with van der Waals surface area (Å²) in [6.45, 7) is 1.24. The Kier molecular flexibility index (Phi) is 3.40. The van der Waals surface area contributed by atoms with E-state index in [2.05, 4.69) is 33.0 Å². The van der Waals surface area contributed by atoms with E-state index >= 15 is 0 Å². The predicted molar refractivity (Wildman–Crippen MR) is 62.0 cm³/mol. The molecular formula is C9H14IN3O. The maximum Gasteiger partial charge on any atom is 0.0860 e. The second kappa shape index (κ2) is 4.59. The summed E-state index contributed by atoms with van der Waals surface area (Å²) in [6.07, 6.45) is 5.90. The van der Waals surface area contributed by atoms with Gasteiger partial charge >= 0.3 is 0 Å². The molecule has 78 valence electrons. The molecule has 0 amide bonds. The van der Waals surface area contributed by atoms with Crippen LogP contribution < -0.4 is 5.32 Å². The van der Waals surface area contributed by atoms with E-state index in [9.17, 15) is 5.11 Å². The summed E-state index contributed by atoms with van der Waals surface area (Å²) in [6, 6.07) is 0.655. The summed E-state index contributed by atoms with van der Waals surface area (Å²) in [5, 5.41) is 17.1. The second-order valence-electron chi connectivity index (χ2n) is 3.72. The molecule has 1 aliphatic rings. The zero-order chi connectivity index (χ0) is 9.97. The number of hydrogen-bond acceptors (Lipinski definition) is 3. The summed E-state index contributed by atoms with van der Waals surface area (Å²) in [5.41, 5.74) is 0. The van der Waals surface area contributed by atoms with E-state index in [1.807, 2.05) is 6.20 Å². The van der Waals surface area contributed by atoms with Gasteiger partial charge in [0.25, 0.3) is 0 Å². The number of aliphatic hydroxyl groups is 1. The number of halogens is 1. The van der Waals surface area contributed by atoms with E-state index in [0.29, 0.717) is 19.1 Å². The van der Waals surface area contributed by atoms with E-state index in [0.717, 1.165) is 3.57 Å². The summed E-state index contributed by atoms with van der Waals surface area (Å²) in [7, 11) is 0. The summed E-state index contributed by atoms with van der Waals surface area (Å²) in [4.78, 5) is 0. The molecule has 1 aromatic rings. The topological polar surface area (TPSA) is 50.1 Å². The molecular weight excluding hydrogens is 293 g/mol. The molecule has 0 saturated heterocycles. The third-order valence-electron chi connectivity index (χ3n) is 2.22. The molecule has 1 atom stereocenters. The molecule has 1 aliphatic carbocycles. The van der Waals surface area contributed by atoms with Crippen molar-refractivity contribution >= 4 is 22.6 Å². The molecule has 0 radical (unpaired) electrons. The molecule has 14 heavy (non-hydrogen) atoms. The standard InChI is InChI=1S/C9H14IN3O/c10-7-3-12-13(5-7)6-9(14)4-11-8-1-2-8/h3,5,8-9,11,14H,1-2,4,6H2. The highest BCUT2D eigenvalue weighted by Crippen LogP contribution is 2.18. The fourth-order valence-corrected chi connectivity index (χ4v) is 1.75. The van der Waals surface area contributed by atoms with Gasteiger partial charge in [0, 0.05) is 18.8 Å². The number of rotatable bonds is 5. The normalized spacial score (nSPS) is 18.4. The predicted octanol–water partition coefficient (Wildman–Crippen LogP) is 0.601. The molecule has 4 nitrogen and oxygen atoms in total. The van der Waals surface area contributed by atoms with E-state index in [1.165, 1.54) is 12.8 Å². The summed E-state index contributed by atoms with van der Waals surface area (Å²) in [5.74, 6) is 0. The Hall–Kier alpha value is -0.140. The molecule has 2 rings (SSSR count). The molecule has 5 heteroatoms. The minimum Gasteiger partial charge on any atom is -0.390 e. The van der Waals surface area contributed by atoms with Crippen LogP contribution in [0.25, 0.3) is 0 Å². The monoisotopic (exact) mass is 307 g/mol. The SMILES string of the molecule is OC(CNC1CC1)Cn1cc(I)cn1. The van der Waals surface area contributed by atoms with Crippen molar-refractivity contribution in [1.29, 1.82) is 0 Å². The van der Waals surface area contributed by atoms with Crippen LogP contribution in [0.15, 0.2) is 12.4 Å². The van der Waals surface area contributed by atoms with Gasteiger partial charge in [-0.2, -0.15) is 5.10 Å². The maximum absolute atomic E-state index is 9.66. The van der Waals surface area contributed by atoms with Crippen LogP contribution in [0.2, 0.25) is 0 Å². The van der Waals surface area contributed by atoms with Crippen LogP contribution in [0.4, 0.5) is 0 Å². The summed E-state index contributed by atoms with van der Waals surface area (Å²) >= 11 is 2.21. The highest BCUT2D eigenvalue weighted by molar-refractivity contribution is 14.1. The van der Waals surface area contributed by atoms with Gasteiger partial charge in [-0.1, -0.05) is 0 Å². The first-order valence-corrected chi connectivity index (χ1v) is 5.91. The third-order valence-corrected chi connectivity index (χ3v) is 2.78. The van der Waals surface area contributed by atoms with Crippen LogP contribution in [0.1, 0.15) is 12.8 Å². The Labute approximate surface area is 96.8 Å². The van der Waals surface area contributed by atoms with E-state index < -0.39 is 0 Å². The van der Waals surface area contributed by atoms with Crippen LogP contribution >= 0.6 is 22.6 Å². The Bertz CT molecular complexity index is 298. The maximum atomic E-state index is 9.66. The first kappa shape index (κ1) is 10.4. The average molecular weight is 307 g/mol. The van der Waals surface area contributed by atoms with Gasteiger partial charge in [0.05, 0.1) is 22.4 Å². The van der Waals surface area contributed by atoms with Gasteiger partial charge in [0.1, 0.15) is 0 Å². The van der Waals surface area contributed by atoms with Gasteiger partial charge in [-0.3, -0.25) is 4.68 Å². The van der Waals surface area contributed by atoms with Gasteiger partial charge in [-0.05, 0) is 35.4 Å². The van der Waals surface area contributed by atoms with Gasteiger partial charge in [0.15, 0.2) is 0 Å². The fourth-order valence-electron chi connectivity index (χ4n) is 1.31. The zero-order valence-corrected chi connectivity index (χ0v) is 10.0. The van der Waals surface area contributed by atoms with Crippen molar-refractivity contribution in [2.45, 2.75) is 31.5 Å². The van der Waals surface area contributed by atoms with Crippen molar-refractivity contribution in [2.24, 2.45) is 0 Å². The van der Waals surface area contributed by atoms with Crippen LogP contribution in [-0.2, 0) is 6.54 Å². The molecule has 2 N–H and O–H groups in total.